The molecule has 1 heterocycles. The second kappa shape index (κ2) is 4.40. The molecule has 1 aromatic rings. The average Bonchev–Trinajstić information content (AvgIpc) is 2.84. The van der Waals surface area contributed by atoms with Crippen LogP contribution in [0, 0.1) is 0 Å². The number of hydrogen-bond acceptors (Lipinski definition) is 2. The van der Waals surface area contributed by atoms with Gasteiger partial charge in [0.2, 0.25) is 0 Å². The Morgan fingerprint density at radius 1 is 1.27 bits per heavy atom. The Morgan fingerprint density at radius 3 is 2.53 bits per heavy atom. The molecule has 1 aliphatic carbocycles. The van der Waals surface area contributed by atoms with E-state index in [9.17, 15) is 0 Å². The molecule has 0 bridgehead atoms. The summed E-state index contributed by atoms with van der Waals surface area (Å²) < 4.78 is 5.68. The van der Waals surface area contributed by atoms with Gasteiger partial charge in [0.25, 0.3) is 0 Å². The minimum atomic E-state index is 0.346. The monoisotopic (exact) mass is 207 g/mol. The van der Waals surface area contributed by atoms with Crippen LogP contribution >= 0.6 is 0 Å². The van der Waals surface area contributed by atoms with E-state index in [2.05, 4.69) is 31.3 Å². The first-order valence-corrected chi connectivity index (χ1v) is 6.04. The van der Waals surface area contributed by atoms with E-state index in [4.69, 9.17) is 4.42 Å². The average molecular weight is 207 g/mol. The van der Waals surface area contributed by atoms with Gasteiger partial charge < -0.3 is 9.73 Å². The molecule has 0 aromatic carbocycles. The lowest BCUT2D eigenvalue weighted by Gasteiger charge is -2.24. The van der Waals surface area contributed by atoms with Crippen LogP contribution in [0.5, 0.6) is 0 Å². The molecule has 0 atom stereocenters. The van der Waals surface area contributed by atoms with Crippen molar-refractivity contribution in [2.24, 2.45) is 0 Å². The number of rotatable bonds is 4. The molecule has 0 radical (unpaired) electrons. The molecule has 0 spiro atoms. The summed E-state index contributed by atoms with van der Waals surface area (Å²) in [5.74, 6) is 2.16. The molecule has 15 heavy (non-hydrogen) atoms. The summed E-state index contributed by atoms with van der Waals surface area (Å²) in [6, 6.07) is 4.16. The fraction of sp³-hybridized carbons (Fsp3) is 0.692. The number of nitrogens with one attached hydrogen (secondary N) is 1. The van der Waals surface area contributed by atoms with Crippen molar-refractivity contribution >= 4 is 0 Å². The fourth-order valence-corrected chi connectivity index (χ4v) is 2.34. The van der Waals surface area contributed by atoms with Gasteiger partial charge in [0.05, 0.1) is 6.54 Å². The highest BCUT2D eigenvalue weighted by Crippen LogP contribution is 2.29. The second-order valence-corrected chi connectivity index (χ2v) is 4.84. The van der Waals surface area contributed by atoms with Gasteiger partial charge in [-0.05, 0) is 31.9 Å². The van der Waals surface area contributed by atoms with Crippen LogP contribution in [0.25, 0.3) is 0 Å². The van der Waals surface area contributed by atoms with E-state index in [0.717, 1.165) is 24.5 Å². The highest BCUT2D eigenvalue weighted by atomic mass is 16.3. The number of furan rings is 1. The Morgan fingerprint density at radius 2 is 1.93 bits per heavy atom. The van der Waals surface area contributed by atoms with E-state index >= 15 is 0 Å². The summed E-state index contributed by atoms with van der Waals surface area (Å²) >= 11 is 0. The van der Waals surface area contributed by atoms with Gasteiger partial charge in [-0.2, -0.15) is 0 Å². The summed E-state index contributed by atoms with van der Waals surface area (Å²) in [5.41, 5.74) is 0.346. The molecule has 0 amide bonds. The molecule has 0 unspecified atom stereocenters. The predicted molar refractivity (Wildman–Crippen MR) is 61.8 cm³/mol. The van der Waals surface area contributed by atoms with E-state index in [1.807, 2.05) is 0 Å². The predicted octanol–water partition coefficient (Wildman–Crippen LogP) is 3.26. The van der Waals surface area contributed by atoms with Crippen LogP contribution in [-0.2, 0) is 13.0 Å². The Balaban J connectivity index is 1.87. The maximum Gasteiger partial charge on any atom is 0.117 e. The molecule has 2 heteroatoms. The molecule has 0 saturated heterocycles. The molecule has 0 aliphatic heterocycles. The van der Waals surface area contributed by atoms with E-state index in [1.165, 1.54) is 25.7 Å². The normalized spacial score (nSPS) is 19.6. The molecule has 1 aliphatic rings. The summed E-state index contributed by atoms with van der Waals surface area (Å²) in [7, 11) is 0. The van der Waals surface area contributed by atoms with E-state index in [0.29, 0.717) is 5.54 Å². The third-order valence-electron chi connectivity index (χ3n) is 3.46. The van der Waals surface area contributed by atoms with E-state index in [-0.39, 0.29) is 0 Å². The van der Waals surface area contributed by atoms with Crippen molar-refractivity contribution in [1.29, 1.82) is 0 Å². The Hall–Kier alpha value is -0.760. The lowest BCUT2D eigenvalue weighted by Crippen LogP contribution is -2.38. The molecule has 84 valence electrons. The lowest BCUT2D eigenvalue weighted by molar-refractivity contribution is 0.338. The molecule has 2 nitrogen and oxygen atoms in total. The minimum absolute atomic E-state index is 0.346. The smallest absolute Gasteiger partial charge is 0.117 e. The zero-order chi connectivity index (χ0) is 10.7. The molecule has 1 aromatic heterocycles. The Labute approximate surface area is 92.1 Å². The zero-order valence-corrected chi connectivity index (χ0v) is 9.81. The molecular formula is C13H21NO. The Bertz CT molecular complexity index is 310. The molecule has 1 fully saturated rings. The third kappa shape index (κ3) is 2.63. The maximum atomic E-state index is 5.68. The van der Waals surface area contributed by atoms with Crippen LogP contribution in [0.3, 0.4) is 0 Å². The third-order valence-corrected chi connectivity index (χ3v) is 3.46. The fourth-order valence-electron chi connectivity index (χ4n) is 2.34. The first kappa shape index (κ1) is 10.7. The van der Waals surface area contributed by atoms with Crippen LogP contribution in [0.2, 0.25) is 0 Å². The SMILES string of the molecule is CCc1ccc(CNC2(C)CCCC2)o1. The minimum Gasteiger partial charge on any atom is -0.465 e. The summed E-state index contributed by atoms with van der Waals surface area (Å²) in [6.07, 6.45) is 6.31. The van der Waals surface area contributed by atoms with Gasteiger partial charge in [0.15, 0.2) is 0 Å². The molecule has 2 rings (SSSR count). The van der Waals surface area contributed by atoms with Gasteiger partial charge in [-0.25, -0.2) is 0 Å². The zero-order valence-electron chi connectivity index (χ0n) is 9.81. The standard InChI is InChI=1S/C13H21NO/c1-3-11-6-7-12(15-11)10-14-13(2)8-4-5-9-13/h6-7,14H,3-5,8-10H2,1-2H3. The van der Waals surface area contributed by atoms with Crippen LogP contribution in [-0.4, -0.2) is 5.54 Å². The van der Waals surface area contributed by atoms with E-state index in [1.54, 1.807) is 0 Å². The topological polar surface area (TPSA) is 25.2 Å². The van der Waals surface area contributed by atoms with Crippen molar-refractivity contribution in [3.05, 3.63) is 23.7 Å². The van der Waals surface area contributed by atoms with Crippen molar-refractivity contribution in [3.63, 3.8) is 0 Å². The van der Waals surface area contributed by atoms with Crippen molar-refractivity contribution in [2.45, 2.75) is 58.0 Å². The van der Waals surface area contributed by atoms with Crippen LogP contribution < -0.4 is 5.32 Å². The molecule has 1 saturated carbocycles. The van der Waals surface area contributed by atoms with Crippen LogP contribution in [0.1, 0.15) is 51.1 Å². The largest absolute Gasteiger partial charge is 0.465 e. The van der Waals surface area contributed by atoms with Gasteiger partial charge in [-0.15, -0.1) is 0 Å². The summed E-state index contributed by atoms with van der Waals surface area (Å²) in [5, 5.41) is 3.62. The van der Waals surface area contributed by atoms with E-state index < -0.39 is 0 Å². The van der Waals surface area contributed by atoms with Gasteiger partial charge in [0.1, 0.15) is 11.5 Å². The number of hydrogen-bond donors (Lipinski definition) is 1. The number of aryl methyl sites for hydroxylation is 1. The van der Waals surface area contributed by atoms with Crippen LogP contribution in [0.4, 0.5) is 0 Å². The summed E-state index contributed by atoms with van der Waals surface area (Å²) in [6.45, 7) is 5.31. The van der Waals surface area contributed by atoms with Gasteiger partial charge in [-0.1, -0.05) is 19.8 Å². The second-order valence-electron chi connectivity index (χ2n) is 4.84. The van der Waals surface area contributed by atoms with Gasteiger partial charge in [-0.3, -0.25) is 0 Å². The van der Waals surface area contributed by atoms with Crippen molar-refractivity contribution in [2.75, 3.05) is 0 Å². The first-order chi connectivity index (χ1) is 7.22. The highest BCUT2D eigenvalue weighted by Gasteiger charge is 2.27. The molecule has 1 N–H and O–H groups in total. The molecular weight excluding hydrogens is 186 g/mol. The van der Waals surface area contributed by atoms with Crippen molar-refractivity contribution in [3.8, 4) is 0 Å². The quantitative estimate of drug-likeness (QED) is 0.819. The lowest BCUT2D eigenvalue weighted by atomic mass is 10.0. The van der Waals surface area contributed by atoms with Crippen molar-refractivity contribution in [1.82, 2.24) is 5.32 Å². The first-order valence-electron chi connectivity index (χ1n) is 6.04. The van der Waals surface area contributed by atoms with Crippen molar-refractivity contribution < 1.29 is 4.42 Å². The van der Waals surface area contributed by atoms with Crippen LogP contribution in [0.15, 0.2) is 16.5 Å². The summed E-state index contributed by atoms with van der Waals surface area (Å²) in [4.78, 5) is 0. The maximum absolute atomic E-state index is 5.68. The highest BCUT2D eigenvalue weighted by molar-refractivity contribution is 5.07. The Kier molecular flexibility index (Phi) is 3.15. The van der Waals surface area contributed by atoms with Gasteiger partial charge >= 0.3 is 0 Å². The van der Waals surface area contributed by atoms with Gasteiger partial charge in [0, 0.05) is 12.0 Å².